The number of hydrogen-bond acceptors (Lipinski definition) is 4. The topological polar surface area (TPSA) is 79.3 Å². The van der Waals surface area contributed by atoms with Gasteiger partial charge in [0.2, 0.25) is 0 Å². The predicted molar refractivity (Wildman–Crippen MR) is 78.8 cm³/mol. The summed E-state index contributed by atoms with van der Waals surface area (Å²) in [6.07, 6.45) is 3.68. The van der Waals surface area contributed by atoms with Crippen LogP contribution in [0, 0.1) is 0 Å². The first kappa shape index (κ1) is 16.3. The number of aromatic nitrogens is 1. The Morgan fingerprint density at radius 3 is 2.89 bits per heavy atom. The third kappa shape index (κ3) is 5.00. The van der Waals surface area contributed by atoms with E-state index in [9.17, 15) is 9.59 Å². The number of carboxylic acid groups (broad SMARTS) is 1. The van der Waals surface area contributed by atoms with Crippen molar-refractivity contribution in [3.63, 3.8) is 0 Å². The average molecular weight is 368 g/mol. The zero-order valence-corrected chi connectivity index (χ0v) is 13.2. The Hall–Kier alpha value is -0.790. The lowest BCUT2D eigenvalue weighted by Crippen LogP contribution is -2.41. The lowest BCUT2D eigenvalue weighted by molar-refractivity contribution is -0.139. The summed E-state index contributed by atoms with van der Waals surface area (Å²) in [5.41, 5.74) is 0.145. The molecule has 0 aliphatic heterocycles. The van der Waals surface area contributed by atoms with Gasteiger partial charge in [-0.15, -0.1) is 0 Å². The smallest absolute Gasteiger partial charge is 0.326 e. The van der Waals surface area contributed by atoms with Gasteiger partial charge in [0.1, 0.15) is 11.2 Å². The summed E-state index contributed by atoms with van der Waals surface area (Å²) in [5, 5.41) is 11.5. The number of aliphatic carboxylic acids is 1. The number of rotatable bonds is 6. The molecule has 1 heterocycles. The van der Waals surface area contributed by atoms with Crippen LogP contribution in [0.3, 0.4) is 0 Å². The van der Waals surface area contributed by atoms with Crippen molar-refractivity contribution < 1.29 is 14.7 Å². The Morgan fingerprint density at radius 1 is 1.63 bits per heavy atom. The number of carboxylic acids is 1. The van der Waals surface area contributed by atoms with Crippen molar-refractivity contribution in [2.75, 3.05) is 12.0 Å². The van der Waals surface area contributed by atoms with E-state index >= 15 is 0 Å². The molecule has 19 heavy (non-hydrogen) atoms. The molecule has 0 aliphatic rings. The molecule has 8 heteroatoms. The van der Waals surface area contributed by atoms with E-state index in [1.54, 1.807) is 0 Å². The maximum atomic E-state index is 12.0. The first-order valence-electron chi connectivity index (χ1n) is 5.29. The molecule has 1 atom stereocenters. The summed E-state index contributed by atoms with van der Waals surface area (Å²) in [6.45, 7) is 0. The van der Waals surface area contributed by atoms with E-state index in [2.05, 4.69) is 26.2 Å². The lowest BCUT2D eigenvalue weighted by Gasteiger charge is -2.14. The number of carbonyl (C=O) groups excluding carboxylic acids is 1. The van der Waals surface area contributed by atoms with Gasteiger partial charge in [-0.3, -0.25) is 4.79 Å². The van der Waals surface area contributed by atoms with E-state index in [0.717, 1.165) is 0 Å². The van der Waals surface area contributed by atoms with Crippen LogP contribution in [0.1, 0.15) is 16.8 Å². The van der Waals surface area contributed by atoms with Crippen molar-refractivity contribution in [3.8, 4) is 0 Å². The van der Waals surface area contributed by atoms with Gasteiger partial charge in [0, 0.05) is 10.7 Å². The van der Waals surface area contributed by atoms with Gasteiger partial charge in [-0.2, -0.15) is 11.8 Å². The molecular formula is C11H12BrClN2O3S. The van der Waals surface area contributed by atoms with Crippen LogP contribution < -0.4 is 5.32 Å². The van der Waals surface area contributed by atoms with Gasteiger partial charge in [-0.1, -0.05) is 11.6 Å². The molecule has 5 nitrogen and oxygen atoms in total. The van der Waals surface area contributed by atoms with Crippen molar-refractivity contribution in [2.24, 2.45) is 0 Å². The summed E-state index contributed by atoms with van der Waals surface area (Å²) in [6, 6.07) is 0.563. The molecule has 0 fully saturated rings. The SMILES string of the molecule is CSCC[C@@H](NC(=O)c1cc(Br)cnc1Cl)C(=O)O. The number of amides is 1. The Bertz CT molecular complexity index is 487. The van der Waals surface area contributed by atoms with Crippen LogP contribution in [0.4, 0.5) is 0 Å². The molecule has 104 valence electrons. The highest BCUT2D eigenvalue weighted by molar-refractivity contribution is 9.10. The first-order valence-corrected chi connectivity index (χ1v) is 7.85. The van der Waals surface area contributed by atoms with Gasteiger partial charge in [0.25, 0.3) is 5.91 Å². The third-order valence-corrected chi connectivity index (χ3v) is 3.64. The molecule has 0 spiro atoms. The van der Waals surface area contributed by atoms with Crippen molar-refractivity contribution in [1.29, 1.82) is 0 Å². The van der Waals surface area contributed by atoms with Crippen LogP contribution in [0.5, 0.6) is 0 Å². The van der Waals surface area contributed by atoms with Crippen molar-refractivity contribution >= 4 is 51.2 Å². The van der Waals surface area contributed by atoms with Crippen molar-refractivity contribution in [2.45, 2.75) is 12.5 Å². The summed E-state index contributed by atoms with van der Waals surface area (Å²) in [7, 11) is 0. The Balaban J connectivity index is 2.81. The molecule has 0 aromatic carbocycles. The molecule has 0 radical (unpaired) electrons. The van der Waals surface area contributed by atoms with E-state index in [1.165, 1.54) is 24.0 Å². The Labute approximate surface area is 128 Å². The summed E-state index contributed by atoms with van der Waals surface area (Å²) >= 11 is 10.5. The largest absolute Gasteiger partial charge is 0.480 e. The summed E-state index contributed by atoms with van der Waals surface area (Å²) in [5.74, 6) is -0.976. The molecule has 1 rings (SSSR count). The van der Waals surface area contributed by atoms with Gasteiger partial charge in [-0.05, 0) is 40.4 Å². The fourth-order valence-electron chi connectivity index (χ4n) is 1.31. The maximum absolute atomic E-state index is 12.0. The number of thioether (sulfide) groups is 1. The normalized spacial score (nSPS) is 11.9. The van der Waals surface area contributed by atoms with Crippen LogP contribution in [0.2, 0.25) is 5.15 Å². The van der Waals surface area contributed by atoms with Crippen molar-refractivity contribution in [1.82, 2.24) is 10.3 Å². The minimum absolute atomic E-state index is 0.0368. The summed E-state index contributed by atoms with van der Waals surface area (Å²) < 4.78 is 0.595. The first-order chi connectivity index (χ1) is 8.95. The lowest BCUT2D eigenvalue weighted by atomic mass is 10.2. The number of pyridine rings is 1. The van der Waals surface area contributed by atoms with E-state index in [-0.39, 0.29) is 10.7 Å². The maximum Gasteiger partial charge on any atom is 0.326 e. The molecule has 0 aliphatic carbocycles. The number of nitrogens with one attached hydrogen (secondary N) is 1. The number of carbonyl (C=O) groups is 2. The van der Waals surface area contributed by atoms with Gasteiger partial charge in [0.15, 0.2) is 0 Å². The minimum atomic E-state index is -1.07. The Morgan fingerprint density at radius 2 is 2.32 bits per heavy atom. The number of hydrogen-bond donors (Lipinski definition) is 2. The van der Waals surface area contributed by atoms with Crippen LogP contribution in [-0.2, 0) is 4.79 Å². The highest BCUT2D eigenvalue weighted by atomic mass is 79.9. The van der Waals surface area contributed by atoms with Gasteiger partial charge < -0.3 is 10.4 Å². The molecule has 1 aromatic heterocycles. The predicted octanol–water partition coefficient (Wildman–Crippen LogP) is 2.43. The van der Waals surface area contributed by atoms with Crippen LogP contribution >= 0.6 is 39.3 Å². The van der Waals surface area contributed by atoms with Crippen LogP contribution in [0.25, 0.3) is 0 Å². The monoisotopic (exact) mass is 366 g/mol. The second-order valence-corrected chi connectivity index (χ2v) is 5.90. The molecule has 1 aromatic rings. The average Bonchev–Trinajstić information content (AvgIpc) is 2.36. The molecule has 0 bridgehead atoms. The van der Waals surface area contributed by atoms with Gasteiger partial charge >= 0.3 is 5.97 Å². The highest BCUT2D eigenvalue weighted by Crippen LogP contribution is 2.18. The van der Waals surface area contributed by atoms with E-state index in [1.807, 2.05) is 6.26 Å². The second kappa shape index (κ2) is 7.72. The molecule has 0 saturated carbocycles. The standard InChI is InChI=1S/C11H12BrClN2O3S/c1-19-3-2-8(11(17)18)15-10(16)7-4-6(12)5-14-9(7)13/h4-5,8H,2-3H2,1H3,(H,15,16)(H,17,18)/t8-/m1/s1. The molecule has 0 unspecified atom stereocenters. The number of halogens is 2. The molecule has 0 saturated heterocycles. The van der Waals surface area contributed by atoms with Crippen LogP contribution in [-0.4, -0.2) is 40.0 Å². The van der Waals surface area contributed by atoms with E-state index in [0.29, 0.717) is 16.6 Å². The van der Waals surface area contributed by atoms with Crippen molar-refractivity contribution in [3.05, 3.63) is 27.5 Å². The van der Waals surface area contributed by atoms with E-state index < -0.39 is 17.9 Å². The highest BCUT2D eigenvalue weighted by Gasteiger charge is 2.21. The zero-order valence-electron chi connectivity index (χ0n) is 10.0. The molecule has 2 N–H and O–H groups in total. The minimum Gasteiger partial charge on any atom is -0.480 e. The fraction of sp³-hybridized carbons (Fsp3) is 0.364. The van der Waals surface area contributed by atoms with Gasteiger partial charge in [0.05, 0.1) is 5.56 Å². The Kier molecular flexibility index (Phi) is 6.60. The summed E-state index contributed by atoms with van der Waals surface area (Å²) in [4.78, 5) is 26.8. The number of nitrogens with zero attached hydrogens (tertiary/aromatic N) is 1. The quantitative estimate of drug-likeness (QED) is 0.755. The zero-order chi connectivity index (χ0) is 14.4. The molecular weight excluding hydrogens is 356 g/mol. The third-order valence-electron chi connectivity index (χ3n) is 2.26. The molecule has 1 amide bonds. The second-order valence-electron chi connectivity index (χ2n) is 3.64. The van der Waals surface area contributed by atoms with Crippen LogP contribution in [0.15, 0.2) is 16.7 Å². The van der Waals surface area contributed by atoms with Gasteiger partial charge in [-0.25, -0.2) is 9.78 Å². The van der Waals surface area contributed by atoms with E-state index in [4.69, 9.17) is 16.7 Å². The fourth-order valence-corrected chi connectivity index (χ4v) is 2.30.